The van der Waals surface area contributed by atoms with E-state index in [1.165, 1.54) is 4.80 Å². The molecular weight excluding hydrogens is 202 g/mol. The highest BCUT2D eigenvalue weighted by Crippen LogP contribution is 2.09. The maximum absolute atomic E-state index is 4.21. The highest BCUT2D eigenvalue weighted by atomic mass is 15.6. The summed E-state index contributed by atoms with van der Waals surface area (Å²) in [6, 6.07) is 0. The number of nitrogens with zero attached hydrogens (tertiary/aromatic N) is 4. The number of rotatable bonds is 5. The molecule has 0 aliphatic heterocycles. The minimum absolute atomic E-state index is 0.170. The van der Waals surface area contributed by atoms with Gasteiger partial charge in [-0.2, -0.15) is 4.80 Å². The van der Waals surface area contributed by atoms with Crippen LogP contribution in [0.25, 0.3) is 0 Å². The smallest absolute Gasteiger partial charge is 0.175 e. The first-order valence-corrected chi connectivity index (χ1v) is 5.88. The molecule has 16 heavy (non-hydrogen) atoms. The second-order valence-corrected chi connectivity index (χ2v) is 5.30. The Bertz CT molecular complexity index is 312. The first kappa shape index (κ1) is 13.1. The van der Waals surface area contributed by atoms with Crippen molar-refractivity contribution in [1.29, 1.82) is 0 Å². The third kappa shape index (κ3) is 4.70. The van der Waals surface area contributed by atoms with Crippen LogP contribution in [-0.4, -0.2) is 32.3 Å². The molecule has 1 heterocycles. The van der Waals surface area contributed by atoms with Crippen LogP contribution in [0.3, 0.4) is 0 Å². The first-order valence-electron chi connectivity index (χ1n) is 5.88. The summed E-state index contributed by atoms with van der Waals surface area (Å²) in [5, 5.41) is 15.6. The molecule has 5 heteroatoms. The molecule has 0 amide bonds. The quantitative estimate of drug-likeness (QED) is 0.817. The van der Waals surface area contributed by atoms with E-state index in [0.717, 1.165) is 25.2 Å². The molecule has 5 nitrogen and oxygen atoms in total. The lowest BCUT2D eigenvalue weighted by molar-refractivity contribution is 0.360. The van der Waals surface area contributed by atoms with E-state index in [9.17, 15) is 0 Å². The third-order valence-electron chi connectivity index (χ3n) is 2.52. The molecule has 0 bridgehead atoms. The fraction of sp³-hybridized carbons (Fsp3) is 0.909. The number of aromatic nitrogens is 4. The molecule has 1 rings (SSSR count). The lowest BCUT2D eigenvalue weighted by Crippen LogP contribution is -2.39. The lowest BCUT2D eigenvalue weighted by Gasteiger charge is -2.24. The van der Waals surface area contributed by atoms with Gasteiger partial charge >= 0.3 is 0 Å². The van der Waals surface area contributed by atoms with Crippen LogP contribution in [0.1, 0.15) is 39.9 Å². The van der Waals surface area contributed by atoms with E-state index >= 15 is 0 Å². The number of nitrogens with one attached hydrogen (secondary N) is 1. The van der Waals surface area contributed by atoms with E-state index in [2.05, 4.69) is 48.4 Å². The predicted molar refractivity (Wildman–Crippen MR) is 64.0 cm³/mol. The average Bonchev–Trinajstić information content (AvgIpc) is 2.57. The highest BCUT2D eigenvalue weighted by molar-refractivity contribution is 4.83. The Balaban J connectivity index is 2.43. The van der Waals surface area contributed by atoms with E-state index < -0.39 is 0 Å². The Morgan fingerprint density at radius 1 is 1.38 bits per heavy atom. The SMILES string of the molecule is CCC(CNC(C)(C)C)Cc1nnn(C)n1. The minimum Gasteiger partial charge on any atom is -0.312 e. The summed E-state index contributed by atoms with van der Waals surface area (Å²) in [6.45, 7) is 9.74. The van der Waals surface area contributed by atoms with Gasteiger partial charge in [-0.1, -0.05) is 13.3 Å². The van der Waals surface area contributed by atoms with Gasteiger partial charge in [0, 0.05) is 12.0 Å². The van der Waals surface area contributed by atoms with E-state index in [1.807, 2.05) is 0 Å². The molecule has 92 valence electrons. The number of tetrazole rings is 1. The fourth-order valence-electron chi connectivity index (χ4n) is 1.47. The molecule has 1 aromatic heterocycles. The van der Waals surface area contributed by atoms with Crippen molar-refractivity contribution in [2.45, 2.75) is 46.1 Å². The van der Waals surface area contributed by atoms with Gasteiger partial charge in [-0.15, -0.1) is 10.2 Å². The Labute approximate surface area is 97.6 Å². The van der Waals surface area contributed by atoms with Crippen molar-refractivity contribution in [2.75, 3.05) is 6.54 Å². The van der Waals surface area contributed by atoms with E-state index in [4.69, 9.17) is 0 Å². The van der Waals surface area contributed by atoms with Crippen molar-refractivity contribution in [2.24, 2.45) is 13.0 Å². The molecule has 0 fully saturated rings. The summed E-state index contributed by atoms with van der Waals surface area (Å²) in [4.78, 5) is 1.51. The van der Waals surface area contributed by atoms with Crippen LogP contribution in [0.4, 0.5) is 0 Å². The second kappa shape index (κ2) is 5.39. The summed E-state index contributed by atoms with van der Waals surface area (Å²) in [5.41, 5.74) is 0.170. The molecule has 0 aliphatic rings. The zero-order chi connectivity index (χ0) is 12.2. The molecule has 0 radical (unpaired) electrons. The number of hydrogen-bond donors (Lipinski definition) is 1. The molecule has 1 atom stereocenters. The standard InChI is InChI=1S/C11H23N5/c1-6-9(8-12-11(2,3)4)7-10-13-15-16(5)14-10/h9,12H,6-8H2,1-5H3. The molecule has 0 aromatic carbocycles. The highest BCUT2D eigenvalue weighted by Gasteiger charge is 2.15. The number of hydrogen-bond acceptors (Lipinski definition) is 4. The first-order chi connectivity index (χ1) is 7.40. The van der Waals surface area contributed by atoms with Crippen LogP contribution >= 0.6 is 0 Å². The van der Waals surface area contributed by atoms with Crippen LogP contribution in [0.5, 0.6) is 0 Å². The molecule has 0 aliphatic carbocycles. The van der Waals surface area contributed by atoms with E-state index in [0.29, 0.717) is 5.92 Å². The van der Waals surface area contributed by atoms with Gasteiger partial charge in [0.15, 0.2) is 5.82 Å². The molecular formula is C11H23N5. The maximum atomic E-state index is 4.21. The zero-order valence-corrected chi connectivity index (χ0v) is 11.0. The Morgan fingerprint density at radius 3 is 2.50 bits per heavy atom. The van der Waals surface area contributed by atoms with Crippen LogP contribution in [0.15, 0.2) is 0 Å². The molecule has 0 saturated carbocycles. The zero-order valence-electron chi connectivity index (χ0n) is 11.0. The van der Waals surface area contributed by atoms with Gasteiger partial charge in [0.1, 0.15) is 0 Å². The lowest BCUT2D eigenvalue weighted by atomic mass is 10.00. The summed E-state index contributed by atoms with van der Waals surface area (Å²) >= 11 is 0. The summed E-state index contributed by atoms with van der Waals surface area (Å²) < 4.78 is 0. The molecule has 0 saturated heterocycles. The Morgan fingerprint density at radius 2 is 2.06 bits per heavy atom. The van der Waals surface area contributed by atoms with Crippen molar-refractivity contribution in [3.05, 3.63) is 5.82 Å². The summed E-state index contributed by atoms with van der Waals surface area (Å²) in [5.74, 6) is 1.41. The number of aryl methyl sites for hydroxylation is 1. The molecule has 1 unspecified atom stereocenters. The van der Waals surface area contributed by atoms with Gasteiger partial charge < -0.3 is 5.32 Å². The molecule has 0 spiro atoms. The van der Waals surface area contributed by atoms with Gasteiger partial charge in [0.25, 0.3) is 0 Å². The summed E-state index contributed by atoms with van der Waals surface area (Å²) in [7, 11) is 1.80. The normalized spacial score (nSPS) is 14.1. The van der Waals surface area contributed by atoms with Gasteiger partial charge in [-0.25, -0.2) is 0 Å². The monoisotopic (exact) mass is 225 g/mol. The van der Waals surface area contributed by atoms with Crippen molar-refractivity contribution >= 4 is 0 Å². The fourth-order valence-corrected chi connectivity index (χ4v) is 1.47. The van der Waals surface area contributed by atoms with Crippen molar-refractivity contribution in [3.63, 3.8) is 0 Å². The van der Waals surface area contributed by atoms with Gasteiger partial charge in [-0.3, -0.25) is 0 Å². The largest absolute Gasteiger partial charge is 0.312 e. The van der Waals surface area contributed by atoms with Crippen LogP contribution in [0, 0.1) is 5.92 Å². The van der Waals surface area contributed by atoms with Gasteiger partial charge in [0.2, 0.25) is 0 Å². The molecule has 1 N–H and O–H groups in total. The maximum Gasteiger partial charge on any atom is 0.175 e. The second-order valence-electron chi connectivity index (χ2n) is 5.30. The van der Waals surface area contributed by atoms with E-state index in [-0.39, 0.29) is 5.54 Å². The average molecular weight is 225 g/mol. The van der Waals surface area contributed by atoms with E-state index in [1.54, 1.807) is 7.05 Å². The van der Waals surface area contributed by atoms with Crippen molar-refractivity contribution in [1.82, 2.24) is 25.5 Å². The third-order valence-corrected chi connectivity index (χ3v) is 2.52. The van der Waals surface area contributed by atoms with Crippen LogP contribution in [0.2, 0.25) is 0 Å². The minimum atomic E-state index is 0.170. The van der Waals surface area contributed by atoms with Gasteiger partial charge in [0.05, 0.1) is 7.05 Å². The van der Waals surface area contributed by atoms with Crippen molar-refractivity contribution < 1.29 is 0 Å². The predicted octanol–water partition coefficient (Wildman–Crippen LogP) is 1.17. The Kier molecular flexibility index (Phi) is 4.41. The van der Waals surface area contributed by atoms with Crippen LogP contribution < -0.4 is 5.32 Å². The Hall–Kier alpha value is -0.970. The van der Waals surface area contributed by atoms with Gasteiger partial charge in [-0.05, 0) is 38.4 Å². The molecule has 1 aromatic rings. The summed E-state index contributed by atoms with van der Waals surface area (Å²) in [6.07, 6.45) is 2.02. The topological polar surface area (TPSA) is 55.6 Å². The van der Waals surface area contributed by atoms with Crippen molar-refractivity contribution in [3.8, 4) is 0 Å². The van der Waals surface area contributed by atoms with Crippen LogP contribution in [-0.2, 0) is 13.5 Å².